The average Bonchev–Trinajstić information content (AvgIpc) is 2.53. The summed E-state index contributed by atoms with van der Waals surface area (Å²) < 4.78 is 5.33. The molecule has 0 saturated carbocycles. The summed E-state index contributed by atoms with van der Waals surface area (Å²) in [4.78, 5) is 2.44. The van der Waals surface area contributed by atoms with E-state index in [1.54, 1.807) is 7.11 Å². The first-order valence-corrected chi connectivity index (χ1v) is 8.41. The van der Waals surface area contributed by atoms with Crippen LogP contribution in [0.3, 0.4) is 0 Å². The number of unbranched alkanes of at least 4 members (excludes halogenated alkanes) is 5. The molecule has 2 N–H and O–H groups in total. The minimum absolute atomic E-state index is 0.747. The third-order valence-corrected chi connectivity index (χ3v) is 3.83. The average molecular weight is 292 g/mol. The van der Waals surface area contributed by atoms with E-state index in [0.29, 0.717) is 0 Å². The topological polar surface area (TPSA) is 38.5 Å². The van der Waals surface area contributed by atoms with Crippen LogP contribution in [0.25, 0.3) is 0 Å². The van der Waals surface area contributed by atoms with Gasteiger partial charge in [-0.15, -0.1) is 0 Å². The second kappa shape index (κ2) is 11.4. The minimum atomic E-state index is 0.747. The molecular formula is C18H32N2O. The Morgan fingerprint density at radius 1 is 1.00 bits per heavy atom. The summed E-state index contributed by atoms with van der Waals surface area (Å²) in [7, 11) is 1.72. The molecule has 0 unspecified atom stereocenters. The van der Waals surface area contributed by atoms with E-state index in [1.165, 1.54) is 44.2 Å². The lowest BCUT2D eigenvalue weighted by atomic mass is 10.1. The highest BCUT2D eigenvalue weighted by Crippen LogP contribution is 2.21. The maximum Gasteiger partial charge on any atom is 0.120 e. The van der Waals surface area contributed by atoms with Crippen LogP contribution in [-0.2, 0) is 0 Å². The molecule has 1 rings (SSSR count). The largest absolute Gasteiger partial charge is 0.497 e. The van der Waals surface area contributed by atoms with Crippen molar-refractivity contribution < 1.29 is 4.74 Å². The van der Waals surface area contributed by atoms with Gasteiger partial charge in [0.15, 0.2) is 0 Å². The Balaban J connectivity index is 2.46. The SMILES string of the molecule is CCCCCCCCN(CCCN)c1cccc(OC)c1. The van der Waals surface area contributed by atoms with E-state index in [0.717, 1.165) is 31.8 Å². The molecule has 0 aliphatic heterocycles. The highest BCUT2D eigenvalue weighted by atomic mass is 16.5. The third kappa shape index (κ3) is 7.37. The molecule has 0 radical (unpaired) electrons. The molecule has 0 heterocycles. The molecular weight excluding hydrogens is 260 g/mol. The maximum absolute atomic E-state index is 5.67. The number of anilines is 1. The fourth-order valence-electron chi connectivity index (χ4n) is 2.54. The number of nitrogens with two attached hydrogens (primary N) is 1. The maximum atomic E-state index is 5.67. The Labute approximate surface area is 130 Å². The first-order chi connectivity index (χ1) is 10.3. The molecule has 0 saturated heterocycles. The summed E-state index contributed by atoms with van der Waals surface area (Å²) >= 11 is 0. The molecule has 0 fully saturated rings. The molecule has 0 aliphatic carbocycles. The van der Waals surface area contributed by atoms with Gasteiger partial charge in [-0.25, -0.2) is 0 Å². The fraction of sp³-hybridized carbons (Fsp3) is 0.667. The molecule has 1 aromatic rings. The van der Waals surface area contributed by atoms with Gasteiger partial charge in [-0.1, -0.05) is 45.1 Å². The van der Waals surface area contributed by atoms with E-state index in [2.05, 4.69) is 30.0 Å². The van der Waals surface area contributed by atoms with Crippen LogP contribution in [0, 0.1) is 0 Å². The van der Waals surface area contributed by atoms with E-state index in [-0.39, 0.29) is 0 Å². The number of hydrogen-bond donors (Lipinski definition) is 1. The van der Waals surface area contributed by atoms with E-state index >= 15 is 0 Å². The predicted molar refractivity (Wildman–Crippen MR) is 92.3 cm³/mol. The fourth-order valence-corrected chi connectivity index (χ4v) is 2.54. The molecule has 0 aliphatic rings. The van der Waals surface area contributed by atoms with Gasteiger partial charge in [0.2, 0.25) is 0 Å². The second-order valence-corrected chi connectivity index (χ2v) is 5.60. The zero-order valence-corrected chi connectivity index (χ0v) is 13.8. The second-order valence-electron chi connectivity index (χ2n) is 5.60. The van der Waals surface area contributed by atoms with Gasteiger partial charge in [-0.2, -0.15) is 0 Å². The highest BCUT2D eigenvalue weighted by Gasteiger charge is 2.07. The lowest BCUT2D eigenvalue weighted by Crippen LogP contribution is -2.27. The smallest absolute Gasteiger partial charge is 0.120 e. The van der Waals surface area contributed by atoms with E-state index in [9.17, 15) is 0 Å². The zero-order chi connectivity index (χ0) is 15.3. The molecule has 21 heavy (non-hydrogen) atoms. The van der Waals surface area contributed by atoms with Crippen LogP contribution in [0.2, 0.25) is 0 Å². The van der Waals surface area contributed by atoms with Gasteiger partial charge in [0.25, 0.3) is 0 Å². The number of hydrogen-bond acceptors (Lipinski definition) is 3. The van der Waals surface area contributed by atoms with Crippen LogP contribution < -0.4 is 15.4 Å². The van der Waals surface area contributed by atoms with Gasteiger partial charge >= 0.3 is 0 Å². The number of methoxy groups -OCH3 is 1. The highest BCUT2D eigenvalue weighted by molar-refractivity contribution is 5.50. The Hall–Kier alpha value is -1.22. The minimum Gasteiger partial charge on any atom is -0.497 e. The van der Waals surface area contributed by atoms with Gasteiger partial charge in [-0.05, 0) is 31.5 Å². The van der Waals surface area contributed by atoms with Crippen molar-refractivity contribution in [3.8, 4) is 5.75 Å². The number of ether oxygens (including phenoxy) is 1. The Bertz CT molecular complexity index is 368. The Morgan fingerprint density at radius 3 is 2.43 bits per heavy atom. The van der Waals surface area contributed by atoms with Gasteiger partial charge in [0.1, 0.15) is 5.75 Å². The monoisotopic (exact) mass is 292 g/mol. The first-order valence-electron chi connectivity index (χ1n) is 8.41. The van der Waals surface area contributed by atoms with Gasteiger partial charge in [0, 0.05) is 24.8 Å². The Morgan fingerprint density at radius 2 is 1.71 bits per heavy atom. The van der Waals surface area contributed by atoms with E-state index < -0.39 is 0 Å². The number of rotatable bonds is 12. The van der Waals surface area contributed by atoms with Crippen molar-refractivity contribution in [1.29, 1.82) is 0 Å². The zero-order valence-electron chi connectivity index (χ0n) is 13.8. The summed E-state index contributed by atoms with van der Waals surface area (Å²) in [5, 5.41) is 0. The van der Waals surface area contributed by atoms with Crippen LogP contribution in [-0.4, -0.2) is 26.7 Å². The molecule has 0 aromatic heterocycles. The third-order valence-electron chi connectivity index (χ3n) is 3.83. The lowest BCUT2D eigenvalue weighted by molar-refractivity contribution is 0.414. The van der Waals surface area contributed by atoms with E-state index in [4.69, 9.17) is 10.5 Å². The molecule has 3 nitrogen and oxygen atoms in total. The molecule has 120 valence electrons. The van der Waals surface area contributed by atoms with Crippen molar-refractivity contribution in [1.82, 2.24) is 0 Å². The number of benzene rings is 1. The normalized spacial score (nSPS) is 10.6. The standard InChI is InChI=1S/C18H32N2O/c1-3-4-5-6-7-8-14-20(15-10-13-19)17-11-9-12-18(16-17)21-2/h9,11-12,16H,3-8,10,13-15,19H2,1-2H3. The summed E-state index contributed by atoms with van der Waals surface area (Å²) in [5.74, 6) is 0.924. The molecule has 0 atom stereocenters. The van der Waals surface area contributed by atoms with Crippen LogP contribution >= 0.6 is 0 Å². The molecule has 0 spiro atoms. The van der Waals surface area contributed by atoms with Crippen molar-refractivity contribution in [2.75, 3.05) is 31.6 Å². The van der Waals surface area contributed by atoms with Crippen molar-refractivity contribution in [2.45, 2.75) is 51.9 Å². The van der Waals surface area contributed by atoms with E-state index in [1.807, 2.05) is 6.07 Å². The summed E-state index contributed by atoms with van der Waals surface area (Å²) in [5.41, 5.74) is 6.92. The molecule has 3 heteroatoms. The predicted octanol–water partition coefficient (Wildman–Crippen LogP) is 4.21. The van der Waals surface area contributed by atoms with Crippen molar-refractivity contribution >= 4 is 5.69 Å². The Kier molecular flexibility index (Phi) is 9.71. The summed E-state index contributed by atoms with van der Waals surface area (Å²) in [6.07, 6.45) is 9.02. The van der Waals surface area contributed by atoms with Gasteiger partial charge in [0.05, 0.1) is 7.11 Å². The van der Waals surface area contributed by atoms with Crippen LogP contribution in [0.4, 0.5) is 5.69 Å². The lowest BCUT2D eigenvalue weighted by Gasteiger charge is -2.25. The van der Waals surface area contributed by atoms with Crippen molar-refractivity contribution in [2.24, 2.45) is 5.73 Å². The van der Waals surface area contributed by atoms with Crippen molar-refractivity contribution in [3.05, 3.63) is 24.3 Å². The van der Waals surface area contributed by atoms with Crippen LogP contribution in [0.1, 0.15) is 51.9 Å². The quantitative estimate of drug-likeness (QED) is 0.586. The first kappa shape index (κ1) is 17.8. The van der Waals surface area contributed by atoms with Crippen molar-refractivity contribution in [3.63, 3.8) is 0 Å². The van der Waals surface area contributed by atoms with Crippen LogP contribution in [0.15, 0.2) is 24.3 Å². The van der Waals surface area contributed by atoms with Crippen LogP contribution in [0.5, 0.6) is 5.75 Å². The van der Waals surface area contributed by atoms with Gasteiger partial charge < -0.3 is 15.4 Å². The van der Waals surface area contributed by atoms with Gasteiger partial charge in [-0.3, -0.25) is 0 Å². The molecule has 0 bridgehead atoms. The summed E-state index contributed by atoms with van der Waals surface area (Å²) in [6, 6.07) is 8.34. The molecule has 0 amide bonds. The number of nitrogens with zero attached hydrogens (tertiary/aromatic N) is 1. The summed E-state index contributed by atoms with van der Waals surface area (Å²) in [6.45, 7) is 5.15. The molecule has 1 aromatic carbocycles.